The lowest BCUT2D eigenvalue weighted by Crippen LogP contribution is -2.46. The van der Waals surface area contributed by atoms with Crippen molar-refractivity contribution in [1.29, 1.82) is 0 Å². The van der Waals surface area contributed by atoms with Gasteiger partial charge in [-0.2, -0.15) is 0 Å². The molecular weight excluding hydrogens is 294 g/mol. The standard InChI is InChI=1S/C19H27NO.ClH/c1-13-9-10-17-16(12-13)19-15(8-5-11-21-19)18(20-17)14-6-3-2-4-7-14;/h9-10,12,14-15,18-20H,2-8,11H2,1H3;1H/t15-,18+,19-;/m0./s1. The second-order valence-electron chi connectivity index (χ2n) is 7.26. The molecular formula is C19H28ClNO. The number of ether oxygens (including phenoxy) is 1. The molecule has 1 saturated carbocycles. The van der Waals surface area contributed by atoms with Crippen LogP contribution in [0.3, 0.4) is 0 Å². The number of halogens is 1. The number of fused-ring (bicyclic) bond motifs is 3. The van der Waals surface area contributed by atoms with E-state index in [0.29, 0.717) is 18.1 Å². The van der Waals surface area contributed by atoms with Crippen molar-refractivity contribution in [2.45, 2.75) is 64.0 Å². The third kappa shape index (κ3) is 2.88. The summed E-state index contributed by atoms with van der Waals surface area (Å²) in [7, 11) is 0. The highest BCUT2D eigenvalue weighted by molar-refractivity contribution is 5.85. The molecule has 3 aliphatic rings. The summed E-state index contributed by atoms with van der Waals surface area (Å²) < 4.78 is 6.24. The fraction of sp³-hybridized carbons (Fsp3) is 0.684. The largest absolute Gasteiger partial charge is 0.381 e. The maximum atomic E-state index is 6.24. The van der Waals surface area contributed by atoms with Crippen LogP contribution < -0.4 is 5.32 Å². The molecule has 1 saturated heterocycles. The fourth-order valence-electron chi connectivity index (χ4n) is 4.79. The average Bonchev–Trinajstić information content (AvgIpc) is 2.55. The number of benzene rings is 1. The number of nitrogens with one attached hydrogen (secondary N) is 1. The summed E-state index contributed by atoms with van der Waals surface area (Å²) in [5.41, 5.74) is 4.09. The van der Waals surface area contributed by atoms with Crippen LogP contribution in [0, 0.1) is 18.8 Å². The Bertz CT molecular complexity index is 512. The smallest absolute Gasteiger partial charge is 0.0892 e. The number of aryl methyl sites for hydroxylation is 1. The monoisotopic (exact) mass is 321 g/mol. The molecule has 3 atom stereocenters. The Morgan fingerprint density at radius 3 is 2.68 bits per heavy atom. The number of rotatable bonds is 1. The predicted octanol–water partition coefficient (Wildman–Crippen LogP) is 5.26. The topological polar surface area (TPSA) is 21.3 Å². The lowest BCUT2D eigenvalue weighted by atomic mass is 9.71. The second-order valence-corrected chi connectivity index (χ2v) is 7.26. The van der Waals surface area contributed by atoms with Crippen LogP contribution in [-0.4, -0.2) is 12.6 Å². The van der Waals surface area contributed by atoms with Gasteiger partial charge in [-0.1, -0.05) is 37.0 Å². The summed E-state index contributed by atoms with van der Waals surface area (Å²) in [4.78, 5) is 0. The van der Waals surface area contributed by atoms with Crippen LogP contribution in [0.1, 0.15) is 62.2 Å². The summed E-state index contributed by atoms with van der Waals surface area (Å²) in [6.07, 6.45) is 9.97. The van der Waals surface area contributed by atoms with Crippen molar-refractivity contribution in [2.75, 3.05) is 11.9 Å². The van der Waals surface area contributed by atoms with Crippen molar-refractivity contribution in [1.82, 2.24) is 0 Å². The molecule has 0 spiro atoms. The van der Waals surface area contributed by atoms with Crippen molar-refractivity contribution in [3.63, 3.8) is 0 Å². The second kappa shape index (κ2) is 6.80. The molecule has 1 N–H and O–H groups in total. The van der Waals surface area contributed by atoms with Gasteiger partial charge in [0.05, 0.1) is 6.10 Å². The Morgan fingerprint density at radius 2 is 1.86 bits per heavy atom. The summed E-state index contributed by atoms with van der Waals surface area (Å²) in [5, 5.41) is 3.91. The first-order chi connectivity index (χ1) is 10.3. The lowest BCUT2D eigenvalue weighted by molar-refractivity contribution is -0.0458. The van der Waals surface area contributed by atoms with Crippen LogP contribution >= 0.6 is 12.4 Å². The SMILES string of the molecule is Cc1ccc2c(c1)[C@H]1OCCC[C@H]1[C@@H](C1CCCCC1)N2.Cl. The van der Waals surface area contributed by atoms with Gasteiger partial charge in [0.2, 0.25) is 0 Å². The molecule has 4 rings (SSSR count). The average molecular weight is 322 g/mol. The fourth-order valence-corrected chi connectivity index (χ4v) is 4.79. The van der Waals surface area contributed by atoms with Gasteiger partial charge in [-0.25, -0.2) is 0 Å². The van der Waals surface area contributed by atoms with Crippen LogP contribution in [0.4, 0.5) is 5.69 Å². The maximum Gasteiger partial charge on any atom is 0.0892 e. The van der Waals surface area contributed by atoms with E-state index in [0.717, 1.165) is 12.5 Å². The zero-order valence-corrected chi connectivity index (χ0v) is 14.3. The minimum Gasteiger partial charge on any atom is -0.381 e. The molecule has 0 radical (unpaired) electrons. The van der Waals surface area contributed by atoms with E-state index in [1.54, 1.807) is 0 Å². The van der Waals surface area contributed by atoms with E-state index in [2.05, 4.69) is 30.4 Å². The minimum absolute atomic E-state index is 0. The molecule has 122 valence electrons. The molecule has 0 aromatic heterocycles. The Morgan fingerprint density at radius 1 is 1.05 bits per heavy atom. The number of hydrogen-bond donors (Lipinski definition) is 1. The number of hydrogen-bond acceptors (Lipinski definition) is 2. The van der Waals surface area contributed by atoms with Crippen molar-refractivity contribution >= 4 is 18.1 Å². The zero-order valence-electron chi connectivity index (χ0n) is 13.5. The van der Waals surface area contributed by atoms with E-state index in [9.17, 15) is 0 Å². The van der Waals surface area contributed by atoms with Crippen molar-refractivity contribution in [3.8, 4) is 0 Å². The molecule has 2 nitrogen and oxygen atoms in total. The van der Waals surface area contributed by atoms with E-state index >= 15 is 0 Å². The Hall–Kier alpha value is -0.730. The Balaban J connectivity index is 0.00000144. The van der Waals surface area contributed by atoms with E-state index in [-0.39, 0.29) is 12.4 Å². The Labute approximate surface area is 140 Å². The first-order valence-corrected chi connectivity index (χ1v) is 8.81. The molecule has 0 bridgehead atoms. The van der Waals surface area contributed by atoms with E-state index < -0.39 is 0 Å². The van der Waals surface area contributed by atoms with Gasteiger partial charge in [-0.15, -0.1) is 12.4 Å². The highest BCUT2D eigenvalue weighted by Crippen LogP contribution is 2.47. The van der Waals surface area contributed by atoms with Crippen LogP contribution in [0.15, 0.2) is 18.2 Å². The predicted molar refractivity (Wildman–Crippen MR) is 93.8 cm³/mol. The van der Waals surface area contributed by atoms with Gasteiger partial charge in [0.25, 0.3) is 0 Å². The Kier molecular flexibility index (Phi) is 4.99. The number of anilines is 1. The summed E-state index contributed by atoms with van der Waals surface area (Å²) in [5.74, 6) is 1.53. The molecule has 0 unspecified atom stereocenters. The van der Waals surface area contributed by atoms with E-state index in [4.69, 9.17) is 4.74 Å². The molecule has 1 aliphatic carbocycles. The van der Waals surface area contributed by atoms with Crippen LogP contribution in [0.5, 0.6) is 0 Å². The molecule has 2 fully saturated rings. The molecule has 3 heteroatoms. The molecule has 2 heterocycles. The molecule has 2 aliphatic heterocycles. The molecule has 1 aromatic rings. The van der Waals surface area contributed by atoms with Crippen LogP contribution in [-0.2, 0) is 4.74 Å². The third-order valence-electron chi connectivity index (χ3n) is 5.82. The zero-order chi connectivity index (χ0) is 14.2. The third-order valence-corrected chi connectivity index (χ3v) is 5.82. The molecule has 0 amide bonds. The summed E-state index contributed by atoms with van der Waals surface area (Å²) >= 11 is 0. The normalized spacial score (nSPS) is 31.4. The molecule has 22 heavy (non-hydrogen) atoms. The van der Waals surface area contributed by atoms with Crippen LogP contribution in [0.25, 0.3) is 0 Å². The highest BCUT2D eigenvalue weighted by Gasteiger charge is 2.42. The lowest BCUT2D eigenvalue weighted by Gasteiger charge is -2.47. The van der Waals surface area contributed by atoms with Gasteiger partial charge in [-0.3, -0.25) is 0 Å². The van der Waals surface area contributed by atoms with Gasteiger partial charge in [0.1, 0.15) is 0 Å². The van der Waals surface area contributed by atoms with Crippen molar-refractivity contribution < 1.29 is 4.74 Å². The summed E-state index contributed by atoms with van der Waals surface area (Å²) in [6, 6.07) is 7.47. The van der Waals surface area contributed by atoms with Gasteiger partial charge < -0.3 is 10.1 Å². The minimum atomic E-state index is 0. The van der Waals surface area contributed by atoms with Crippen molar-refractivity contribution in [2.24, 2.45) is 11.8 Å². The first-order valence-electron chi connectivity index (χ1n) is 8.81. The highest BCUT2D eigenvalue weighted by atomic mass is 35.5. The quantitative estimate of drug-likeness (QED) is 0.762. The van der Waals surface area contributed by atoms with Gasteiger partial charge >= 0.3 is 0 Å². The van der Waals surface area contributed by atoms with Crippen molar-refractivity contribution in [3.05, 3.63) is 29.3 Å². The maximum absolute atomic E-state index is 6.24. The molecule has 1 aromatic carbocycles. The van der Waals surface area contributed by atoms with Gasteiger partial charge in [0.15, 0.2) is 0 Å². The summed E-state index contributed by atoms with van der Waals surface area (Å²) in [6.45, 7) is 3.12. The first kappa shape index (κ1) is 16.1. The van der Waals surface area contributed by atoms with E-state index in [1.165, 1.54) is 61.8 Å². The van der Waals surface area contributed by atoms with Crippen LogP contribution in [0.2, 0.25) is 0 Å². The van der Waals surface area contributed by atoms with E-state index in [1.807, 2.05) is 0 Å². The van der Waals surface area contributed by atoms with Gasteiger partial charge in [-0.05, 0) is 44.6 Å². The van der Waals surface area contributed by atoms with Gasteiger partial charge in [0, 0.05) is 29.8 Å².